The molecule has 0 aliphatic heterocycles. The minimum absolute atomic E-state index is 0.0377. The number of amides is 1. The van der Waals surface area contributed by atoms with E-state index in [4.69, 9.17) is 4.42 Å². The summed E-state index contributed by atoms with van der Waals surface area (Å²) in [5.41, 5.74) is 2.62. The normalized spacial score (nSPS) is 12.3. The molecular formula is C26H22FNO4S. The van der Waals surface area contributed by atoms with Gasteiger partial charge < -0.3 is 9.73 Å². The van der Waals surface area contributed by atoms with E-state index in [2.05, 4.69) is 5.32 Å². The highest BCUT2D eigenvalue weighted by atomic mass is 32.2. The molecule has 0 unspecified atom stereocenters. The monoisotopic (exact) mass is 463 g/mol. The van der Waals surface area contributed by atoms with Gasteiger partial charge in [0.2, 0.25) is 0 Å². The van der Waals surface area contributed by atoms with E-state index in [0.717, 1.165) is 17.2 Å². The number of benzene rings is 3. The average Bonchev–Trinajstić information content (AvgIpc) is 3.36. The summed E-state index contributed by atoms with van der Waals surface area (Å²) in [5, 5.41) is 1.53. The highest BCUT2D eigenvalue weighted by Gasteiger charge is 2.32. The summed E-state index contributed by atoms with van der Waals surface area (Å²) in [4.78, 5) is 12.7. The van der Waals surface area contributed by atoms with Crippen LogP contribution in [0, 0.1) is 12.7 Å². The van der Waals surface area contributed by atoms with E-state index in [0.29, 0.717) is 5.56 Å². The van der Waals surface area contributed by atoms with Crippen LogP contribution in [0.4, 0.5) is 4.39 Å². The summed E-state index contributed by atoms with van der Waals surface area (Å²) < 4.78 is 45.6. The first kappa shape index (κ1) is 22.5. The molecule has 168 valence electrons. The molecule has 0 aliphatic rings. The Morgan fingerprint density at radius 3 is 2.27 bits per heavy atom. The summed E-state index contributed by atoms with van der Waals surface area (Å²) in [6, 6.07) is 23.6. The van der Waals surface area contributed by atoms with Gasteiger partial charge in [-0.05, 0) is 66.1 Å². The van der Waals surface area contributed by atoms with Crippen LogP contribution >= 0.6 is 0 Å². The highest BCUT2D eigenvalue weighted by molar-refractivity contribution is 7.91. The van der Waals surface area contributed by atoms with Crippen LogP contribution in [-0.4, -0.2) is 20.9 Å². The number of hydrogen-bond acceptors (Lipinski definition) is 4. The standard InChI is InChI=1S/C26H22FNO4S/c1-18-16-22(13-14-23(18)27)33(30,31)25(24-8-5-15-32-24)17-28-26(29)21-11-9-20(10-12-21)19-6-3-2-4-7-19/h2-16,25H,17H2,1H3,(H,28,29)/t25-/m0/s1. The summed E-state index contributed by atoms with van der Waals surface area (Å²) in [6.45, 7) is 1.29. The van der Waals surface area contributed by atoms with Crippen LogP contribution in [0.1, 0.15) is 26.9 Å². The zero-order chi connectivity index (χ0) is 23.4. The summed E-state index contributed by atoms with van der Waals surface area (Å²) in [5.74, 6) is -0.705. The molecule has 3 aromatic carbocycles. The molecule has 33 heavy (non-hydrogen) atoms. The fourth-order valence-electron chi connectivity index (χ4n) is 3.53. The second-order valence-corrected chi connectivity index (χ2v) is 9.74. The minimum atomic E-state index is -3.96. The van der Waals surface area contributed by atoms with Gasteiger partial charge in [-0.15, -0.1) is 0 Å². The Morgan fingerprint density at radius 1 is 0.939 bits per heavy atom. The Kier molecular flexibility index (Phi) is 6.42. The molecule has 0 bridgehead atoms. The number of furan rings is 1. The molecule has 0 spiro atoms. The van der Waals surface area contributed by atoms with Gasteiger partial charge in [-0.25, -0.2) is 12.8 Å². The van der Waals surface area contributed by atoms with Crippen LogP contribution in [0.15, 0.2) is 101 Å². The topological polar surface area (TPSA) is 76.4 Å². The quantitative estimate of drug-likeness (QED) is 0.376. The van der Waals surface area contributed by atoms with Crippen molar-refractivity contribution >= 4 is 15.7 Å². The smallest absolute Gasteiger partial charge is 0.251 e. The Labute approximate surface area is 191 Å². The van der Waals surface area contributed by atoms with Gasteiger partial charge in [-0.3, -0.25) is 4.79 Å². The minimum Gasteiger partial charge on any atom is -0.468 e. The van der Waals surface area contributed by atoms with Crippen molar-refractivity contribution < 1.29 is 22.0 Å². The van der Waals surface area contributed by atoms with Gasteiger partial charge in [0.25, 0.3) is 5.91 Å². The van der Waals surface area contributed by atoms with Gasteiger partial charge in [0.15, 0.2) is 9.84 Å². The highest BCUT2D eigenvalue weighted by Crippen LogP contribution is 2.30. The average molecular weight is 464 g/mol. The zero-order valence-electron chi connectivity index (χ0n) is 17.9. The first-order chi connectivity index (χ1) is 15.9. The van der Waals surface area contributed by atoms with Gasteiger partial charge in [0.05, 0.1) is 11.2 Å². The fourth-order valence-corrected chi connectivity index (χ4v) is 5.20. The molecule has 1 atom stereocenters. The molecular weight excluding hydrogens is 441 g/mol. The molecule has 4 aromatic rings. The molecule has 5 nitrogen and oxygen atoms in total. The van der Waals surface area contributed by atoms with Gasteiger partial charge in [-0.1, -0.05) is 42.5 Å². The maximum absolute atomic E-state index is 13.7. The first-order valence-corrected chi connectivity index (χ1v) is 11.9. The molecule has 7 heteroatoms. The lowest BCUT2D eigenvalue weighted by Crippen LogP contribution is -2.31. The van der Waals surface area contributed by atoms with Gasteiger partial charge >= 0.3 is 0 Å². The number of carbonyl (C=O) groups is 1. The molecule has 0 saturated carbocycles. The maximum Gasteiger partial charge on any atom is 0.251 e. The third-order valence-electron chi connectivity index (χ3n) is 5.40. The maximum atomic E-state index is 13.7. The van der Waals surface area contributed by atoms with E-state index in [1.807, 2.05) is 42.5 Å². The fraction of sp³-hybridized carbons (Fsp3) is 0.115. The number of halogens is 1. The van der Waals surface area contributed by atoms with Crippen molar-refractivity contribution in [3.63, 3.8) is 0 Å². The van der Waals surface area contributed by atoms with Crippen molar-refractivity contribution in [3.8, 4) is 11.1 Å². The van der Waals surface area contributed by atoms with Crippen molar-refractivity contribution in [3.05, 3.63) is 114 Å². The molecule has 1 heterocycles. The number of nitrogens with one attached hydrogen (secondary N) is 1. The van der Waals surface area contributed by atoms with Crippen LogP contribution in [0.3, 0.4) is 0 Å². The van der Waals surface area contributed by atoms with Crippen LogP contribution in [0.25, 0.3) is 11.1 Å². The summed E-state index contributed by atoms with van der Waals surface area (Å²) in [6.07, 6.45) is 1.37. The van der Waals surface area contributed by atoms with E-state index in [1.54, 1.807) is 24.3 Å². The Bertz CT molecular complexity index is 1350. The SMILES string of the molecule is Cc1cc(S(=O)(=O)[C@@H](CNC(=O)c2ccc(-c3ccccc3)cc2)c2ccco2)ccc1F. The number of sulfone groups is 1. The Morgan fingerprint density at radius 2 is 1.64 bits per heavy atom. The van der Waals surface area contributed by atoms with Crippen molar-refractivity contribution in [2.75, 3.05) is 6.54 Å². The van der Waals surface area contributed by atoms with Gasteiger partial charge in [0.1, 0.15) is 16.8 Å². The predicted molar refractivity (Wildman–Crippen MR) is 124 cm³/mol. The summed E-state index contributed by atoms with van der Waals surface area (Å²) >= 11 is 0. The second-order valence-electron chi connectivity index (χ2n) is 7.61. The lowest BCUT2D eigenvalue weighted by atomic mass is 10.0. The van der Waals surface area contributed by atoms with Gasteiger partial charge in [-0.2, -0.15) is 0 Å². The van der Waals surface area contributed by atoms with Crippen LogP contribution in [0.5, 0.6) is 0 Å². The predicted octanol–water partition coefficient (Wildman–Crippen LogP) is 5.34. The van der Waals surface area contributed by atoms with Crippen molar-refractivity contribution in [2.45, 2.75) is 17.1 Å². The molecule has 0 saturated heterocycles. The van der Waals surface area contributed by atoms with Crippen LogP contribution in [-0.2, 0) is 9.84 Å². The molecule has 1 aromatic heterocycles. The van der Waals surface area contributed by atoms with Crippen LogP contribution in [0.2, 0.25) is 0 Å². The zero-order valence-corrected chi connectivity index (χ0v) is 18.7. The number of aryl methyl sites for hydroxylation is 1. The molecule has 1 amide bonds. The van der Waals surface area contributed by atoms with E-state index < -0.39 is 26.8 Å². The number of hydrogen-bond donors (Lipinski definition) is 1. The third-order valence-corrected chi connectivity index (χ3v) is 7.45. The third kappa shape index (κ3) is 4.88. The lowest BCUT2D eigenvalue weighted by Gasteiger charge is -2.17. The van der Waals surface area contributed by atoms with Crippen molar-refractivity contribution in [2.24, 2.45) is 0 Å². The lowest BCUT2D eigenvalue weighted by molar-refractivity contribution is 0.0953. The molecule has 4 rings (SSSR count). The second kappa shape index (κ2) is 9.42. The van der Waals surface area contributed by atoms with E-state index in [1.165, 1.54) is 25.3 Å². The first-order valence-electron chi connectivity index (χ1n) is 10.3. The Hall–Kier alpha value is -3.71. The number of carbonyl (C=O) groups excluding carboxylic acids is 1. The number of rotatable bonds is 7. The van der Waals surface area contributed by atoms with Crippen molar-refractivity contribution in [1.29, 1.82) is 0 Å². The Balaban J connectivity index is 1.54. The molecule has 0 fully saturated rings. The van der Waals surface area contributed by atoms with Crippen LogP contribution < -0.4 is 5.32 Å². The van der Waals surface area contributed by atoms with E-state index in [9.17, 15) is 17.6 Å². The van der Waals surface area contributed by atoms with E-state index >= 15 is 0 Å². The van der Waals surface area contributed by atoms with Crippen molar-refractivity contribution in [1.82, 2.24) is 5.32 Å². The van der Waals surface area contributed by atoms with E-state index in [-0.39, 0.29) is 22.8 Å². The molecule has 0 aliphatic carbocycles. The largest absolute Gasteiger partial charge is 0.468 e. The molecule has 0 radical (unpaired) electrons. The molecule has 1 N–H and O–H groups in total. The van der Waals surface area contributed by atoms with Gasteiger partial charge in [0, 0.05) is 12.1 Å². The summed E-state index contributed by atoms with van der Waals surface area (Å²) in [7, 11) is -3.96.